The topological polar surface area (TPSA) is 19.4 Å². The second kappa shape index (κ2) is 5.34. The molecule has 0 N–H and O–H groups in total. The summed E-state index contributed by atoms with van der Waals surface area (Å²) in [4.78, 5) is 9.19. The second-order valence-electron chi connectivity index (χ2n) is 4.23. The maximum absolute atomic E-state index is 5.84. The van der Waals surface area contributed by atoms with Crippen LogP contribution in [0, 0.1) is 0 Å². The highest BCUT2D eigenvalue weighted by Gasteiger charge is 2.21. The van der Waals surface area contributed by atoms with Crippen molar-refractivity contribution in [2.24, 2.45) is 0 Å². The van der Waals surface area contributed by atoms with E-state index < -0.39 is 0 Å². The van der Waals surface area contributed by atoms with Crippen molar-refractivity contribution in [3.63, 3.8) is 0 Å². The van der Waals surface area contributed by atoms with Crippen LogP contribution >= 0.6 is 22.9 Å². The molecule has 0 radical (unpaired) electrons. The number of halogens is 1. The molecule has 0 aliphatic carbocycles. The summed E-state index contributed by atoms with van der Waals surface area (Å²) in [6.45, 7) is 8.94. The van der Waals surface area contributed by atoms with Crippen LogP contribution in [0.3, 0.4) is 0 Å². The molecule has 0 saturated carbocycles. The Morgan fingerprint density at radius 1 is 1.44 bits per heavy atom. The SMILES string of the molecule is CCC(C)N1CCN(c2nc(Cl)cs2)CC1. The lowest BCUT2D eigenvalue weighted by atomic mass is 10.2. The summed E-state index contributed by atoms with van der Waals surface area (Å²) in [5.74, 6) is 0. The smallest absolute Gasteiger partial charge is 0.186 e. The molecule has 0 amide bonds. The van der Waals surface area contributed by atoms with Crippen LogP contribution in [0.4, 0.5) is 5.13 Å². The molecule has 1 atom stereocenters. The quantitative estimate of drug-likeness (QED) is 0.832. The normalized spacial score (nSPS) is 20.1. The summed E-state index contributed by atoms with van der Waals surface area (Å²) >= 11 is 7.48. The highest BCUT2D eigenvalue weighted by molar-refractivity contribution is 7.14. The minimum absolute atomic E-state index is 0.615. The van der Waals surface area contributed by atoms with E-state index >= 15 is 0 Å². The van der Waals surface area contributed by atoms with Gasteiger partial charge in [0.1, 0.15) is 5.15 Å². The number of nitrogens with zero attached hydrogens (tertiary/aromatic N) is 3. The lowest BCUT2D eigenvalue weighted by Gasteiger charge is -2.37. The number of piperazine rings is 1. The average Bonchev–Trinajstić information content (AvgIpc) is 2.75. The third kappa shape index (κ3) is 2.67. The van der Waals surface area contributed by atoms with Crippen LogP contribution in [0.5, 0.6) is 0 Å². The Labute approximate surface area is 106 Å². The number of aromatic nitrogens is 1. The number of hydrogen-bond donors (Lipinski definition) is 0. The van der Waals surface area contributed by atoms with E-state index in [0.717, 1.165) is 31.3 Å². The molecule has 1 aromatic rings. The summed E-state index contributed by atoms with van der Waals surface area (Å²) in [5, 5.41) is 3.58. The summed E-state index contributed by atoms with van der Waals surface area (Å²) in [5.41, 5.74) is 0. The van der Waals surface area contributed by atoms with Crippen molar-refractivity contribution < 1.29 is 0 Å². The molecule has 0 aromatic carbocycles. The zero-order valence-corrected chi connectivity index (χ0v) is 11.4. The van der Waals surface area contributed by atoms with Gasteiger partial charge >= 0.3 is 0 Å². The molecule has 3 nitrogen and oxygen atoms in total. The summed E-state index contributed by atoms with van der Waals surface area (Å²) < 4.78 is 0. The molecule has 1 aliphatic heterocycles. The Kier molecular flexibility index (Phi) is 4.05. The van der Waals surface area contributed by atoms with Crippen molar-refractivity contribution in [3.8, 4) is 0 Å². The van der Waals surface area contributed by atoms with Crippen LogP contribution in [0.2, 0.25) is 5.15 Å². The summed E-state index contributed by atoms with van der Waals surface area (Å²) in [6.07, 6.45) is 1.23. The van der Waals surface area contributed by atoms with E-state index in [9.17, 15) is 0 Å². The van der Waals surface area contributed by atoms with Crippen molar-refractivity contribution in [1.82, 2.24) is 9.88 Å². The van der Waals surface area contributed by atoms with Gasteiger partial charge < -0.3 is 4.90 Å². The van der Waals surface area contributed by atoms with Crippen molar-refractivity contribution in [3.05, 3.63) is 10.5 Å². The minimum atomic E-state index is 0.615. The molecular formula is C11H18ClN3S. The molecule has 0 spiro atoms. The Hall–Kier alpha value is -0.320. The molecule has 90 valence electrons. The van der Waals surface area contributed by atoms with E-state index in [-0.39, 0.29) is 0 Å². The highest BCUT2D eigenvalue weighted by Crippen LogP contribution is 2.24. The zero-order chi connectivity index (χ0) is 11.5. The largest absolute Gasteiger partial charge is 0.345 e. The summed E-state index contributed by atoms with van der Waals surface area (Å²) in [6, 6.07) is 0.696. The molecule has 1 aromatic heterocycles. The van der Waals surface area contributed by atoms with Crippen molar-refractivity contribution in [1.29, 1.82) is 0 Å². The average molecular weight is 260 g/mol. The molecule has 2 heterocycles. The van der Waals surface area contributed by atoms with Gasteiger partial charge in [-0.3, -0.25) is 4.90 Å². The molecule has 2 rings (SSSR count). The van der Waals surface area contributed by atoms with Gasteiger partial charge in [0.05, 0.1) is 0 Å². The van der Waals surface area contributed by atoms with Crippen LogP contribution in [-0.2, 0) is 0 Å². The van der Waals surface area contributed by atoms with E-state index in [2.05, 4.69) is 28.6 Å². The van der Waals surface area contributed by atoms with E-state index in [1.54, 1.807) is 11.3 Å². The van der Waals surface area contributed by atoms with Crippen LogP contribution < -0.4 is 4.90 Å². The predicted molar refractivity (Wildman–Crippen MR) is 70.7 cm³/mol. The van der Waals surface area contributed by atoms with Crippen LogP contribution in [0.25, 0.3) is 0 Å². The van der Waals surface area contributed by atoms with Gasteiger partial charge in [-0.2, -0.15) is 0 Å². The molecule has 1 saturated heterocycles. The Morgan fingerprint density at radius 2 is 2.12 bits per heavy atom. The second-order valence-corrected chi connectivity index (χ2v) is 5.46. The monoisotopic (exact) mass is 259 g/mol. The molecule has 16 heavy (non-hydrogen) atoms. The molecule has 5 heteroatoms. The standard InChI is InChI=1S/C11H18ClN3S/c1-3-9(2)14-4-6-15(7-5-14)11-13-10(12)8-16-11/h8-9H,3-7H2,1-2H3. The van der Waals surface area contributed by atoms with E-state index in [1.807, 2.05) is 5.38 Å². The highest BCUT2D eigenvalue weighted by atomic mass is 35.5. The van der Waals surface area contributed by atoms with E-state index in [1.165, 1.54) is 6.42 Å². The van der Waals surface area contributed by atoms with Gasteiger partial charge in [-0.05, 0) is 13.3 Å². The maximum atomic E-state index is 5.84. The predicted octanol–water partition coefficient (Wildman–Crippen LogP) is 2.72. The molecule has 1 aliphatic rings. The lowest BCUT2D eigenvalue weighted by molar-refractivity contribution is 0.193. The minimum Gasteiger partial charge on any atom is -0.345 e. The molecule has 0 bridgehead atoms. The Balaban J connectivity index is 1.90. The van der Waals surface area contributed by atoms with Crippen molar-refractivity contribution >= 4 is 28.1 Å². The van der Waals surface area contributed by atoms with Crippen molar-refractivity contribution in [2.45, 2.75) is 26.3 Å². The fourth-order valence-corrected chi connectivity index (χ4v) is 3.00. The van der Waals surface area contributed by atoms with Gasteiger partial charge in [0.25, 0.3) is 0 Å². The first-order valence-electron chi connectivity index (χ1n) is 5.80. The first kappa shape index (κ1) is 12.1. The van der Waals surface area contributed by atoms with Crippen LogP contribution in [-0.4, -0.2) is 42.1 Å². The molecule has 1 unspecified atom stereocenters. The third-order valence-corrected chi connectivity index (χ3v) is 4.49. The van der Waals surface area contributed by atoms with Crippen LogP contribution in [0.1, 0.15) is 20.3 Å². The first-order valence-corrected chi connectivity index (χ1v) is 7.06. The lowest BCUT2D eigenvalue weighted by Crippen LogP contribution is -2.49. The number of anilines is 1. The third-order valence-electron chi connectivity index (χ3n) is 3.26. The molecular weight excluding hydrogens is 242 g/mol. The van der Waals surface area contributed by atoms with Gasteiger partial charge in [-0.1, -0.05) is 18.5 Å². The Morgan fingerprint density at radius 3 is 2.62 bits per heavy atom. The number of rotatable bonds is 3. The van der Waals surface area contributed by atoms with Gasteiger partial charge in [0.15, 0.2) is 5.13 Å². The fraction of sp³-hybridized carbons (Fsp3) is 0.727. The first-order chi connectivity index (χ1) is 7.70. The van der Waals surface area contributed by atoms with E-state index in [0.29, 0.717) is 11.2 Å². The van der Waals surface area contributed by atoms with E-state index in [4.69, 9.17) is 11.6 Å². The van der Waals surface area contributed by atoms with Crippen LogP contribution in [0.15, 0.2) is 5.38 Å². The van der Waals surface area contributed by atoms with Gasteiger partial charge in [0, 0.05) is 37.6 Å². The molecule has 1 fully saturated rings. The number of hydrogen-bond acceptors (Lipinski definition) is 4. The van der Waals surface area contributed by atoms with Crippen molar-refractivity contribution in [2.75, 3.05) is 31.1 Å². The zero-order valence-electron chi connectivity index (χ0n) is 9.82. The van der Waals surface area contributed by atoms with Gasteiger partial charge in [-0.15, -0.1) is 11.3 Å². The number of thiazole rings is 1. The Bertz CT molecular complexity index is 334. The maximum Gasteiger partial charge on any atom is 0.186 e. The van der Waals surface area contributed by atoms with Gasteiger partial charge in [-0.25, -0.2) is 4.98 Å². The summed E-state index contributed by atoms with van der Waals surface area (Å²) in [7, 11) is 0. The van der Waals surface area contributed by atoms with Gasteiger partial charge in [0.2, 0.25) is 0 Å². The fourth-order valence-electron chi connectivity index (χ4n) is 2.00.